The van der Waals surface area contributed by atoms with Gasteiger partial charge >= 0.3 is 0 Å². The number of nitrogens with one attached hydrogen (secondary N) is 1. The largest absolute Gasteiger partial charge is 0.386 e. The number of benzene rings is 1. The predicted octanol–water partition coefficient (Wildman–Crippen LogP) is 2.05. The number of aliphatic hydroxyl groups is 1. The fraction of sp³-hybridized carbons (Fsp3) is 0.500. The third-order valence-corrected chi connectivity index (χ3v) is 3.64. The van der Waals surface area contributed by atoms with Crippen molar-refractivity contribution in [2.75, 3.05) is 0 Å². The van der Waals surface area contributed by atoms with E-state index in [1.807, 2.05) is 12.1 Å². The van der Waals surface area contributed by atoms with Gasteiger partial charge in [0.1, 0.15) is 5.41 Å². The van der Waals surface area contributed by atoms with E-state index in [0.717, 1.165) is 11.1 Å². The van der Waals surface area contributed by atoms with E-state index in [1.54, 1.807) is 12.1 Å². The Bertz CT molecular complexity index is 488. The zero-order chi connectivity index (χ0) is 14.2. The van der Waals surface area contributed by atoms with Gasteiger partial charge in [-0.25, -0.2) is 8.78 Å². The SMILES string of the molecule is CC(C)(C(=O)N[C@@H]1Cc2ccccc2[C@@H]1O)C(F)F. The molecule has 0 radical (unpaired) electrons. The topological polar surface area (TPSA) is 49.3 Å². The summed E-state index contributed by atoms with van der Waals surface area (Å²) in [5.74, 6) is -0.737. The normalized spacial score (nSPS) is 22.4. The number of carbonyl (C=O) groups is 1. The highest BCUT2D eigenvalue weighted by atomic mass is 19.3. The maximum Gasteiger partial charge on any atom is 0.252 e. The van der Waals surface area contributed by atoms with Crippen LogP contribution in [0.1, 0.15) is 31.1 Å². The Balaban J connectivity index is 2.09. The number of alkyl halides is 2. The van der Waals surface area contributed by atoms with Gasteiger partial charge < -0.3 is 10.4 Å². The van der Waals surface area contributed by atoms with Crippen LogP contribution in [0.25, 0.3) is 0 Å². The summed E-state index contributed by atoms with van der Waals surface area (Å²) >= 11 is 0. The van der Waals surface area contributed by atoms with Gasteiger partial charge in [-0.3, -0.25) is 4.79 Å². The molecule has 0 bridgehead atoms. The lowest BCUT2D eigenvalue weighted by atomic mass is 9.92. The van der Waals surface area contributed by atoms with Crippen molar-refractivity contribution in [1.82, 2.24) is 5.32 Å². The van der Waals surface area contributed by atoms with E-state index in [2.05, 4.69) is 5.32 Å². The summed E-state index contributed by atoms with van der Waals surface area (Å²) < 4.78 is 25.5. The molecule has 0 saturated heterocycles. The zero-order valence-electron chi connectivity index (χ0n) is 10.9. The summed E-state index contributed by atoms with van der Waals surface area (Å²) in [7, 11) is 0. The van der Waals surface area contributed by atoms with E-state index in [1.165, 1.54) is 13.8 Å². The molecule has 1 amide bonds. The fourth-order valence-corrected chi connectivity index (χ4v) is 2.16. The molecule has 1 aromatic rings. The lowest BCUT2D eigenvalue weighted by Gasteiger charge is -2.26. The van der Waals surface area contributed by atoms with Gasteiger partial charge in [0, 0.05) is 0 Å². The van der Waals surface area contributed by atoms with Crippen LogP contribution in [0, 0.1) is 5.41 Å². The van der Waals surface area contributed by atoms with Crippen LogP contribution < -0.4 is 5.32 Å². The number of hydrogen-bond donors (Lipinski definition) is 2. The predicted molar refractivity (Wildman–Crippen MR) is 66.8 cm³/mol. The molecular weight excluding hydrogens is 252 g/mol. The van der Waals surface area contributed by atoms with E-state index in [4.69, 9.17) is 0 Å². The molecule has 0 fully saturated rings. The quantitative estimate of drug-likeness (QED) is 0.882. The molecule has 0 heterocycles. The smallest absolute Gasteiger partial charge is 0.252 e. The highest BCUT2D eigenvalue weighted by Gasteiger charge is 2.41. The summed E-state index contributed by atoms with van der Waals surface area (Å²) in [6, 6.07) is 6.75. The minimum absolute atomic E-state index is 0.461. The summed E-state index contributed by atoms with van der Waals surface area (Å²) in [5.41, 5.74) is -0.0630. The third-order valence-electron chi connectivity index (χ3n) is 3.64. The van der Waals surface area contributed by atoms with E-state index in [0.29, 0.717) is 6.42 Å². The lowest BCUT2D eigenvalue weighted by Crippen LogP contribution is -2.47. The Labute approximate surface area is 110 Å². The molecule has 0 aliphatic heterocycles. The highest BCUT2D eigenvalue weighted by Crippen LogP contribution is 2.32. The number of rotatable bonds is 3. The second-order valence-corrected chi connectivity index (χ2v) is 5.45. The first-order chi connectivity index (χ1) is 8.84. The second-order valence-electron chi connectivity index (χ2n) is 5.45. The van der Waals surface area contributed by atoms with Crippen LogP contribution in [0.2, 0.25) is 0 Å². The van der Waals surface area contributed by atoms with Crippen LogP contribution in [-0.2, 0) is 11.2 Å². The van der Waals surface area contributed by atoms with Crippen molar-refractivity contribution in [3.63, 3.8) is 0 Å². The van der Waals surface area contributed by atoms with Gasteiger partial charge in [0.25, 0.3) is 6.43 Å². The number of fused-ring (bicyclic) bond motifs is 1. The number of amides is 1. The molecule has 19 heavy (non-hydrogen) atoms. The van der Waals surface area contributed by atoms with E-state index in [9.17, 15) is 18.7 Å². The Kier molecular flexibility index (Phi) is 3.58. The van der Waals surface area contributed by atoms with Gasteiger partial charge in [-0.15, -0.1) is 0 Å². The van der Waals surface area contributed by atoms with Gasteiger partial charge in [-0.1, -0.05) is 24.3 Å². The van der Waals surface area contributed by atoms with Crippen LogP contribution >= 0.6 is 0 Å². The Morgan fingerprint density at radius 2 is 2.05 bits per heavy atom. The number of halogens is 2. The van der Waals surface area contributed by atoms with Crippen LogP contribution in [0.5, 0.6) is 0 Å². The Morgan fingerprint density at radius 1 is 1.42 bits per heavy atom. The molecule has 1 aromatic carbocycles. The minimum Gasteiger partial charge on any atom is -0.386 e. The molecule has 0 spiro atoms. The first-order valence-corrected chi connectivity index (χ1v) is 6.19. The van der Waals surface area contributed by atoms with E-state index in [-0.39, 0.29) is 0 Å². The van der Waals surface area contributed by atoms with Crippen LogP contribution in [-0.4, -0.2) is 23.5 Å². The number of carbonyl (C=O) groups excluding carboxylic acids is 1. The van der Waals surface area contributed by atoms with Crippen molar-refractivity contribution < 1.29 is 18.7 Å². The molecule has 0 unspecified atom stereocenters. The molecule has 2 N–H and O–H groups in total. The summed E-state index contributed by atoms with van der Waals surface area (Å²) in [4.78, 5) is 11.9. The molecule has 2 rings (SSSR count). The fourth-order valence-electron chi connectivity index (χ4n) is 2.16. The van der Waals surface area contributed by atoms with Crippen LogP contribution in [0.15, 0.2) is 24.3 Å². The van der Waals surface area contributed by atoms with Crippen molar-refractivity contribution in [3.05, 3.63) is 35.4 Å². The van der Waals surface area contributed by atoms with Gasteiger partial charge in [-0.2, -0.15) is 0 Å². The zero-order valence-corrected chi connectivity index (χ0v) is 10.9. The average Bonchev–Trinajstić information content (AvgIpc) is 2.67. The first-order valence-electron chi connectivity index (χ1n) is 6.19. The molecule has 0 aromatic heterocycles. The Morgan fingerprint density at radius 3 is 2.63 bits per heavy atom. The standard InChI is InChI=1S/C14H17F2NO2/c1-14(2,12(15)16)13(19)17-10-7-8-5-3-4-6-9(8)11(10)18/h3-6,10-12,18H,7H2,1-2H3,(H,17,19)/t10-,11+/m1/s1. The van der Waals surface area contributed by atoms with Crippen molar-refractivity contribution in [2.45, 2.75) is 38.8 Å². The Hall–Kier alpha value is -1.49. The minimum atomic E-state index is -2.74. The van der Waals surface area contributed by atoms with Crippen molar-refractivity contribution in [3.8, 4) is 0 Å². The van der Waals surface area contributed by atoms with Gasteiger partial charge in [-0.05, 0) is 31.4 Å². The maximum absolute atomic E-state index is 12.8. The average molecular weight is 269 g/mol. The second kappa shape index (κ2) is 4.89. The molecule has 1 aliphatic carbocycles. The van der Waals surface area contributed by atoms with Gasteiger partial charge in [0.15, 0.2) is 0 Å². The van der Waals surface area contributed by atoms with E-state index < -0.39 is 29.9 Å². The number of hydrogen-bond acceptors (Lipinski definition) is 2. The van der Waals surface area contributed by atoms with Crippen molar-refractivity contribution >= 4 is 5.91 Å². The summed E-state index contributed by atoms with van der Waals surface area (Å²) in [6.45, 7) is 2.39. The molecule has 1 aliphatic rings. The summed E-state index contributed by atoms with van der Waals surface area (Å²) in [6.07, 6.45) is -3.12. The number of aliphatic hydroxyl groups excluding tert-OH is 1. The van der Waals surface area contributed by atoms with Gasteiger partial charge in [0.2, 0.25) is 5.91 Å². The molecule has 0 saturated carbocycles. The lowest BCUT2D eigenvalue weighted by molar-refractivity contribution is -0.139. The molecule has 3 nitrogen and oxygen atoms in total. The van der Waals surface area contributed by atoms with Crippen molar-refractivity contribution in [2.24, 2.45) is 5.41 Å². The monoisotopic (exact) mass is 269 g/mol. The molecule has 2 atom stereocenters. The first kappa shape index (κ1) is 13.9. The third kappa shape index (κ3) is 2.47. The van der Waals surface area contributed by atoms with Crippen LogP contribution in [0.4, 0.5) is 8.78 Å². The summed E-state index contributed by atoms with van der Waals surface area (Å²) in [5, 5.41) is 12.6. The molecular formula is C14H17F2NO2. The maximum atomic E-state index is 12.8. The molecule has 5 heteroatoms. The van der Waals surface area contributed by atoms with Gasteiger partial charge in [0.05, 0.1) is 12.1 Å². The van der Waals surface area contributed by atoms with Crippen molar-refractivity contribution in [1.29, 1.82) is 0 Å². The van der Waals surface area contributed by atoms with E-state index >= 15 is 0 Å². The van der Waals surface area contributed by atoms with Crippen LogP contribution in [0.3, 0.4) is 0 Å². The highest BCUT2D eigenvalue weighted by molar-refractivity contribution is 5.82. The molecule has 104 valence electrons.